The molecule has 0 aliphatic heterocycles. The number of amides is 1. The van der Waals surface area contributed by atoms with Crippen molar-refractivity contribution in [3.05, 3.63) is 65.3 Å². The van der Waals surface area contributed by atoms with Crippen molar-refractivity contribution in [2.75, 3.05) is 11.9 Å². The van der Waals surface area contributed by atoms with Crippen molar-refractivity contribution in [1.82, 2.24) is 4.98 Å². The fourth-order valence-electron chi connectivity index (χ4n) is 4.16. The van der Waals surface area contributed by atoms with Gasteiger partial charge in [0, 0.05) is 16.6 Å². The van der Waals surface area contributed by atoms with Crippen LogP contribution in [0.4, 0.5) is 5.69 Å². The summed E-state index contributed by atoms with van der Waals surface area (Å²) in [6.07, 6.45) is 5.51. The third-order valence-electron chi connectivity index (χ3n) is 5.57. The van der Waals surface area contributed by atoms with E-state index in [1.165, 1.54) is 0 Å². The van der Waals surface area contributed by atoms with E-state index in [9.17, 15) is 4.79 Å². The Morgan fingerprint density at radius 2 is 1.89 bits per heavy atom. The van der Waals surface area contributed by atoms with Crippen LogP contribution < -0.4 is 10.1 Å². The van der Waals surface area contributed by atoms with Crippen LogP contribution in [0.2, 0.25) is 5.02 Å². The molecule has 4 nitrogen and oxygen atoms in total. The van der Waals surface area contributed by atoms with Crippen molar-refractivity contribution < 1.29 is 9.53 Å². The molecule has 4 rings (SSSR count). The number of carbonyl (C=O) groups excluding carboxylic acids is 1. The molecule has 3 aromatic rings. The van der Waals surface area contributed by atoms with Crippen LogP contribution in [0.1, 0.15) is 38.2 Å². The number of benzene rings is 2. The van der Waals surface area contributed by atoms with E-state index in [1.54, 1.807) is 6.20 Å². The molecule has 1 aliphatic carbocycles. The largest absolute Gasteiger partial charge is 0.492 e. The summed E-state index contributed by atoms with van der Waals surface area (Å²) < 4.78 is 5.69. The van der Waals surface area contributed by atoms with Crippen molar-refractivity contribution in [3.63, 3.8) is 0 Å². The topological polar surface area (TPSA) is 51.2 Å². The first-order valence-corrected chi connectivity index (χ1v) is 10.1. The number of nitrogens with zero attached hydrogens (tertiary/aromatic N) is 1. The molecule has 0 atom stereocenters. The normalized spacial score (nSPS) is 15.5. The quantitative estimate of drug-likeness (QED) is 0.600. The first kappa shape index (κ1) is 18.8. The number of halogens is 1. The van der Waals surface area contributed by atoms with Gasteiger partial charge < -0.3 is 10.1 Å². The van der Waals surface area contributed by atoms with E-state index in [0.717, 1.165) is 53.6 Å². The summed E-state index contributed by atoms with van der Waals surface area (Å²) >= 11 is 6.06. The minimum atomic E-state index is -0.516. The highest BCUT2D eigenvalue weighted by Gasteiger charge is 2.42. The van der Waals surface area contributed by atoms with E-state index in [-0.39, 0.29) is 5.91 Å². The maximum Gasteiger partial charge on any atom is 0.235 e. The van der Waals surface area contributed by atoms with Crippen LogP contribution in [0, 0.1) is 0 Å². The van der Waals surface area contributed by atoms with Gasteiger partial charge in [-0.05, 0) is 61.7 Å². The fourth-order valence-corrected chi connectivity index (χ4v) is 4.29. The highest BCUT2D eigenvalue weighted by molar-refractivity contribution is 6.30. The summed E-state index contributed by atoms with van der Waals surface area (Å²) in [4.78, 5) is 17.9. The van der Waals surface area contributed by atoms with Gasteiger partial charge in [-0.2, -0.15) is 0 Å². The third-order valence-corrected chi connectivity index (χ3v) is 5.82. The highest BCUT2D eigenvalue weighted by Crippen LogP contribution is 2.43. The number of carbonyl (C=O) groups is 1. The maximum absolute atomic E-state index is 13.5. The van der Waals surface area contributed by atoms with E-state index in [2.05, 4.69) is 10.3 Å². The Balaban J connectivity index is 1.71. The Morgan fingerprint density at radius 1 is 1.14 bits per heavy atom. The summed E-state index contributed by atoms with van der Waals surface area (Å²) in [6.45, 7) is 2.51. The van der Waals surface area contributed by atoms with Crippen molar-refractivity contribution in [3.8, 4) is 5.75 Å². The molecule has 0 radical (unpaired) electrons. The Kier molecular flexibility index (Phi) is 5.23. The number of ether oxygens (including phenoxy) is 1. The Labute approximate surface area is 169 Å². The zero-order valence-corrected chi connectivity index (χ0v) is 16.6. The van der Waals surface area contributed by atoms with Crippen LogP contribution in [-0.2, 0) is 10.2 Å². The van der Waals surface area contributed by atoms with Gasteiger partial charge in [0.25, 0.3) is 0 Å². The van der Waals surface area contributed by atoms with Gasteiger partial charge >= 0.3 is 0 Å². The molecule has 2 aromatic carbocycles. The SMILES string of the molecule is CCOc1ccc(NC(=O)C2(c3ccc(Cl)cc3)CCCC2)c2cccnc12. The van der Waals surface area contributed by atoms with Crippen molar-refractivity contribution in [2.24, 2.45) is 0 Å². The molecule has 1 aromatic heterocycles. The minimum Gasteiger partial charge on any atom is -0.492 e. The molecule has 0 bridgehead atoms. The first-order chi connectivity index (χ1) is 13.6. The molecule has 1 heterocycles. The van der Waals surface area contributed by atoms with Gasteiger partial charge in [0.2, 0.25) is 5.91 Å². The molecular weight excluding hydrogens is 372 g/mol. The lowest BCUT2D eigenvalue weighted by Crippen LogP contribution is -2.38. The molecule has 0 saturated heterocycles. The summed E-state index contributed by atoms with van der Waals surface area (Å²) in [5.74, 6) is 0.756. The van der Waals surface area contributed by atoms with Gasteiger partial charge in [-0.1, -0.05) is 36.6 Å². The van der Waals surface area contributed by atoms with Crippen LogP contribution in [0.25, 0.3) is 10.9 Å². The molecule has 5 heteroatoms. The van der Waals surface area contributed by atoms with Crippen LogP contribution in [-0.4, -0.2) is 17.5 Å². The van der Waals surface area contributed by atoms with Crippen LogP contribution in [0.3, 0.4) is 0 Å². The summed E-state index contributed by atoms with van der Waals surface area (Å²) in [5, 5.41) is 4.74. The van der Waals surface area contributed by atoms with Crippen molar-refractivity contribution >= 4 is 34.1 Å². The highest BCUT2D eigenvalue weighted by atomic mass is 35.5. The molecular formula is C23H23ClN2O2. The predicted molar refractivity (Wildman–Crippen MR) is 113 cm³/mol. The molecule has 144 valence electrons. The predicted octanol–water partition coefficient (Wildman–Crippen LogP) is 5.74. The van der Waals surface area contributed by atoms with Crippen LogP contribution in [0.5, 0.6) is 5.75 Å². The molecule has 1 aliphatic rings. The van der Waals surface area contributed by atoms with Crippen molar-refractivity contribution in [1.29, 1.82) is 0 Å². The summed E-state index contributed by atoms with van der Waals surface area (Å²) in [6, 6.07) is 15.3. The van der Waals surface area contributed by atoms with Gasteiger partial charge in [-0.25, -0.2) is 0 Å². The monoisotopic (exact) mass is 394 g/mol. The maximum atomic E-state index is 13.5. The lowest BCUT2D eigenvalue weighted by Gasteiger charge is -2.28. The molecule has 0 spiro atoms. The summed E-state index contributed by atoms with van der Waals surface area (Å²) in [7, 11) is 0. The van der Waals surface area contributed by atoms with E-state index < -0.39 is 5.41 Å². The standard InChI is InChI=1S/C23H23ClN2O2/c1-2-28-20-12-11-19(18-6-5-15-25-21(18)20)26-22(27)23(13-3-4-14-23)16-7-9-17(24)10-8-16/h5-12,15H,2-4,13-14H2,1H3,(H,26,27). The molecule has 1 amide bonds. The number of hydrogen-bond acceptors (Lipinski definition) is 3. The number of nitrogens with one attached hydrogen (secondary N) is 1. The second-order valence-corrected chi connectivity index (χ2v) is 7.63. The average Bonchev–Trinajstić information content (AvgIpc) is 3.22. The lowest BCUT2D eigenvalue weighted by atomic mass is 9.78. The summed E-state index contributed by atoms with van der Waals surface area (Å²) in [5.41, 5.74) is 2.03. The van der Waals surface area contributed by atoms with E-state index in [0.29, 0.717) is 11.6 Å². The third kappa shape index (κ3) is 3.33. The zero-order chi connectivity index (χ0) is 19.6. The lowest BCUT2D eigenvalue weighted by molar-refractivity contribution is -0.121. The van der Waals surface area contributed by atoms with Gasteiger partial charge in [-0.3, -0.25) is 9.78 Å². The average molecular weight is 395 g/mol. The Bertz CT molecular complexity index is 995. The molecule has 1 N–H and O–H groups in total. The second kappa shape index (κ2) is 7.80. The van der Waals surface area contributed by atoms with E-state index in [4.69, 9.17) is 16.3 Å². The Morgan fingerprint density at radius 3 is 2.61 bits per heavy atom. The van der Waals surface area contributed by atoms with Crippen molar-refractivity contribution in [2.45, 2.75) is 38.0 Å². The van der Waals surface area contributed by atoms with E-state index >= 15 is 0 Å². The first-order valence-electron chi connectivity index (χ1n) is 9.72. The van der Waals surface area contributed by atoms with Gasteiger partial charge in [0.05, 0.1) is 17.7 Å². The zero-order valence-electron chi connectivity index (χ0n) is 15.9. The minimum absolute atomic E-state index is 0.0293. The molecule has 1 fully saturated rings. The number of anilines is 1. The molecule has 0 unspecified atom stereocenters. The number of pyridine rings is 1. The van der Waals surface area contributed by atoms with Crippen LogP contribution in [0.15, 0.2) is 54.7 Å². The number of fused-ring (bicyclic) bond motifs is 1. The number of hydrogen-bond donors (Lipinski definition) is 1. The fraction of sp³-hybridized carbons (Fsp3) is 0.304. The van der Waals surface area contributed by atoms with Gasteiger partial charge in [0.15, 0.2) is 0 Å². The number of rotatable bonds is 5. The smallest absolute Gasteiger partial charge is 0.235 e. The van der Waals surface area contributed by atoms with Gasteiger partial charge in [0.1, 0.15) is 11.3 Å². The second-order valence-electron chi connectivity index (χ2n) is 7.19. The molecule has 28 heavy (non-hydrogen) atoms. The number of aromatic nitrogens is 1. The van der Waals surface area contributed by atoms with Gasteiger partial charge in [-0.15, -0.1) is 0 Å². The molecule has 1 saturated carbocycles. The Hall–Kier alpha value is -2.59. The van der Waals surface area contributed by atoms with E-state index in [1.807, 2.05) is 55.5 Å². The van der Waals surface area contributed by atoms with Crippen LogP contribution >= 0.6 is 11.6 Å².